The van der Waals surface area contributed by atoms with E-state index in [-0.39, 0.29) is 17.4 Å². The van der Waals surface area contributed by atoms with Gasteiger partial charge >= 0.3 is 0 Å². The summed E-state index contributed by atoms with van der Waals surface area (Å²) in [5.74, 6) is 0.105. The second-order valence-corrected chi connectivity index (χ2v) is 8.50. The van der Waals surface area contributed by atoms with Crippen LogP contribution in [0.2, 0.25) is 5.02 Å². The molecule has 156 valence electrons. The molecule has 30 heavy (non-hydrogen) atoms. The van der Waals surface area contributed by atoms with E-state index in [0.717, 1.165) is 23.3 Å². The molecule has 1 atom stereocenters. The minimum Gasteiger partial charge on any atom is -0.350 e. The fourth-order valence-corrected chi connectivity index (χ4v) is 4.27. The molecule has 1 saturated heterocycles. The summed E-state index contributed by atoms with van der Waals surface area (Å²) in [6.07, 6.45) is 6.67. The molecule has 1 aliphatic heterocycles. The second kappa shape index (κ2) is 8.48. The minimum atomic E-state index is -0.384. The smallest absolute Gasteiger partial charge is 0.222 e. The molecule has 3 heterocycles. The third-order valence-electron chi connectivity index (χ3n) is 5.83. The number of nitrogens with one attached hydrogen (secondary N) is 1. The highest BCUT2D eigenvalue weighted by atomic mass is 35.5. The average molecular weight is 425 g/mol. The van der Waals surface area contributed by atoms with E-state index >= 15 is 0 Å². The Morgan fingerprint density at radius 1 is 1.27 bits per heavy atom. The summed E-state index contributed by atoms with van der Waals surface area (Å²) in [5, 5.41) is 3.83. The number of pyridine rings is 1. The molecule has 1 aromatic carbocycles. The van der Waals surface area contributed by atoms with Crippen LogP contribution in [0.3, 0.4) is 0 Å². The van der Waals surface area contributed by atoms with E-state index in [0.29, 0.717) is 37.3 Å². The van der Waals surface area contributed by atoms with Crippen molar-refractivity contribution in [2.24, 2.45) is 0 Å². The van der Waals surface area contributed by atoms with Crippen LogP contribution in [0.15, 0.2) is 54.9 Å². The van der Waals surface area contributed by atoms with Crippen LogP contribution in [0.25, 0.3) is 5.65 Å². The largest absolute Gasteiger partial charge is 0.350 e. The highest BCUT2D eigenvalue weighted by Crippen LogP contribution is 2.30. The minimum absolute atomic E-state index is 0.0514. The number of benzene rings is 1. The van der Waals surface area contributed by atoms with Crippen molar-refractivity contribution in [3.05, 3.63) is 71.1 Å². The van der Waals surface area contributed by atoms with Crippen LogP contribution in [0.4, 0.5) is 0 Å². The third-order valence-corrected chi connectivity index (χ3v) is 6.08. The molecule has 2 aromatic heterocycles. The Bertz CT molecular complexity index is 1060. The number of hydrogen-bond donors (Lipinski definition) is 1. The Labute approximate surface area is 180 Å². The first-order valence-corrected chi connectivity index (χ1v) is 10.5. The normalized spacial score (nSPS) is 18.5. The number of imidazole rings is 1. The van der Waals surface area contributed by atoms with Crippen molar-refractivity contribution < 1.29 is 9.59 Å². The van der Waals surface area contributed by atoms with Crippen LogP contribution in [-0.2, 0) is 22.6 Å². The molecule has 2 amide bonds. The molecule has 7 heteroatoms. The van der Waals surface area contributed by atoms with E-state index in [4.69, 9.17) is 11.6 Å². The quantitative estimate of drug-likeness (QED) is 0.630. The first-order chi connectivity index (χ1) is 14.4. The van der Waals surface area contributed by atoms with Gasteiger partial charge in [0.05, 0.1) is 18.4 Å². The van der Waals surface area contributed by atoms with Gasteiger partial charge in [0.1, 0.15) is 5.65 Å². The molecular weight excluding hydrogens is 400 g/mol. The zero-order valence-electron chi connectivity index (χ0n) is 17.0. The number of nitrogens with zero attached hydrogens (tertiary/aromatic N) is 3. The van der Waals surface area contributed by atoms with Gasteiger partial charge in [0, 0.05) is 36.6 Å². The molecule has 1 aliphatic rings. The first kappa shape index (κ1) is 20.4. The number of fused-ring (bicyclic) bond motifs is 1. The standard InChI is InChI=1S/C23H25ClN4O2/c1-27(16-19-15-25-20-4-2-3-13-28(19)20)22(30)10-12-23(11-9-21(29)26-23)14-17-5-7-18(24)8-6-17/h2-8,13,15H,9-12,14,16H2,1H3,(H,26,29). The summed E-state index contributed by atoms with van der Waals surface area (Å²) in [4.78, 5) is 30.9. The van der Waals surface area contributed by atoms with Gasteiger partial charge in [0.2, 0.25) is 11.8 Å². The SMILES string of the molecule is CN(Cc1cnc2ccccn12)C(=O)CCC1(Cc2ccc(Cl)cc2)CCC(=O)N1. The van der Waals surface area contributed by atoms with E-state index < -0.39 is 0 Å². The number of aromatic nitrogens is 2. The van der Waals surface area contributed by atoms with Crippen molar-refractivity contribution in [1.29, 1.82) is 0 Å². The maximum Gasteiger partial charge on any atom is 0.222 e. The monoisotopic (exact) mass is 424 g/mol. The number of amides is 2. The van der Waals surface area contributed by atoms with Gasteiger partial charge < -0.3 is 14.6 Å². The summed E-state index contributed by atoms with van der Waals surface area (Å²) < 4.78 is 1.99. The predicted molar refractivity (Wildman–Crippen MR) is 116 cm³/mol. The first-order valence-electron chi connectivity index (χ1n) is 10.1. The third kappa shape index (κ3) is 4.49. The summed E-state index contributed by atoms with van der Waals surface area (Å²) in [6, 6.07) is 13.5. The molecule has 0 bridgehead atoms. The predicted octanol–water partition coefficient (Wildman–Crippen LogP) is 3.62. The van der Waals surface area contributed by atoms with Gasteiger partial charge in [0.15, 0.2) is 0 Å². The molecule has 4 rings (SSSR count). The Morgan fingerprint density at radius 3 is 2.80 bits per heavy atom. The fraction of sp³-hybridized carbons (Fsp3) is 0.348. The van der Waals surface area contributed by atoms with Crippen LogP contribution in [0.5, 0.6) is 0 Å². The molecule has 0 spiro atoms. The molecule has 0 saturated carbocycles. The van der Waals surface area contributed by atoms with Crippen LogP contribution in [0.1, 0.15) is 36.9 Å². The molecule has 0 radical (unpaired) electrons. The van der Waals surface area contributed by atoms with Gasteiger partial charge in [0.25, 0.3) is 0 Å². The lowest BCUT2D eigenvalue weighted by Crippen LogP contribution is -2.44. The zero-order valence-corrected chi connectivity index (χ0v) is 17.7. The van der Waals surface area contributed by atoms with Gasteiger partial charge in [-0.1, -0.05) is 29.8 Å². The van der Waals surface area contributed by atoms with Crippen molar-refractivity contribution >= 4 is 29.1 Å². The van der Waals surface area contributed by atoms with E-state index in [1.807, 2.05) is 60.1 Å². The van der Waals surface area contributed by atoms with Crippen molar-refractivity contribution in [2.45, 2.75) is 44.2 Å². The van der Waals surface area contributed by atoms with E-state index in [1.54, 1.807) is 11.1 Å². The Morgan fingerprint density at radius 2 is 2.07 bits per heavy atom. The number of hydrogen-bond acceptors (Lipinski definition) is 3. The van der Waals surface area contributed by atoms with Gasteiger partial charge in [-0.2, -0.15) is 0 Å². The lowest BCUT2D eigenvalue weighted by Gasteiger charge is -2.30. The van der Waals surface area contributed by atoms with Gasteiger partial charge in [-0.05, 0) is 49.1 Å². The summed E-state index contributed by atoms with van der Waals surface area (Å²) in [6.45, 7) is 0.487. The van der Waals surface area contributed by atoms with E-state index in [9.17, 15) is 9.59 Å². The maximum atomic E-state index is 12.8. The van der Waals surface area contributed by atoms with Gasteiger partial charge in [-0.25, -0.2) is 4.98 Å². The molecular formula is C23H25ClN4O2. The Balaban J connectivity index is 1.40. The summed E-state index contributed by atoms with van der Waals surface area (Å²) >= 11 is 5.99. The van der Waals surface area contributed by atoms with Crippen molar-refractivity contribution in [2.75, 3.05) is 7.05 Å². The highest BCUT2D eigenvalue weighted by molar-refractivity contribution is 6.30. The van der Waals surface area contributed by atoms with Crippen LogP contribution < -0.4 is 5.32 Å². The molecule has 1 N–H and O–H groups in total. The summed E-state index contributed by atoms with van der Waals surface area (Å²) in [5.41, 5.74) is 2.55. The Hall–Kier alpha value is -2.86. The lowest BCUT2D eigenvalue weighted by atomic mass is 9.85. The average Bonchev–Trinajstić information content (AvgIpc) is 3.32. The van der Waals surface area contributed by atoms with Crippen molar-refractivity contribution in [3.63, 3.8) is 0 Å². The van der Waals surface area contributed by atoms with Gasteiger partial charge in [-0.15, -0.1) is 0 Å². The van der Waals surface area contributed by atoms with Crippen molar-refractivity contribution in [1.82, 2.24) is 19.6 Å². The maximum absolute atomic E-state index is 12.8. The molecule has 6 nitrogen and oxygen atoms in total. The molecule has 3 aromatic rings. The van der Waals surface area contributed by atoms with Crippen LogP contribution >= 0.6 is 11.6 Å². The lowest BCUT2D eigenvalue weighted by molar-refractivity contribution is -0.131. The van der Waals surface area contributed by atoms with Gasteiger partial charge in [-0.3, -0.25) is 9.59 Å². The number of carbonyl (C=O) groups is 2. The van der Waals surface area contributed by atoms with Crippen LogP contribution in [0, 0.1) is 0 Å². The van der Waals surface area contributed by atoms with E-state index in [1.165, 1.54) is 0 Å². The molecule has 1 fully saturated rings. The zero-order chi connectivity index (χ0) is 21.1. The van der Waals surface area contributed by atoms with Crippen molar-refractivity contribution in [3.8, 4) is 0 Å². The van der Waals surface area contributed by atoms with Crippen LogP contribution in [-0.4, -0.2) is 38.7 Å². The fourth-order valence-electron chi connectivity index (χ4n) is 4.15. The number of carbonyl (C=O) groups excluding carboxylic acids is 2. The topological polar surface area (TPSA) is 66.7 Å². The van der Waals surface area contributed by atoms with E-state index in [2.05, 4.69) is 10.3 Å². The second-order valence-electron chi connectivity index (χ2n) is 8.06. The number of rotatable bonds is 7. The highest BCUT2D eigenvalue weighted by Gasteiger charge is 2.38. The summed E-state index contributed by atoms with van der Waals surface area (Å²) in [7, 11) is 1.81. The molecule has 0 aliphatic carbocycles. The Kier molecular flexibility index (Phi) is 5.77. The number of halogens is 1. The molecule has 1 unspecified atom stereocenters.